The standard InChI is InChI=1S/C15H14N4O5/c1-18-14(21)12-10(8-3-5-9(6-4-8)19(22)23)7-11(20)16-13(12)17-15(18)24-2/h3-6,10H,7H2,1-2H3,(H,16,20). The molecule has 124 valence electrons. The zero-order valence-electron chi connectivity index (χ0n) is 13.0. The third-order valence-corrected chi connectivity index (χ3v) is 3.97. The number of nitrogens with one attached hydrogen (secondary N) is 1. The van der Waals surface area contributed by atoms with Gasteiger partial charge in [0.2, 0.25) is 5.91 Å². The molecule has 1 atom stereocenters. The molecule has 1 aromatic heterocycles. The second-order valence-corrected chi connectivity index (χ2v) is 5.38. The maximum absolute atomic E-state index is 12.6. The minimum absolute atomic E-state index is 0.0556. The van der Waals surface area contributed by atoms with Crippen molar-refractivity contribution in [2.24, 2.45) is 7.05 Å². The number of anilines is 1. The van der Waals surface area contributed by atoms with Crippen LogP contribution in [-0.4, -0.2) is 27.5 Å². The first kappa shape index (κ1) is 15.7. The maximum atomic E-state index is 12.6. The van der Waals surface area contributed by atoms with E-state index in [2.05, 4.69) is 10.3 Å². The average molecular weight is 330 g/mol. The van der Waals surface area contributed by atoms with E-state index in [-0.39, 0.29) is 35.4 Å². The van der Waals surface area contributed by atoms with Crippen molar-refractivity contribution in [1.82, 2.24) is 9.55 Å². The first-order valence-corrected chi connectivity index (χ1v) is 7.11. The number of nitrogens with zero attached hydrogens (tertiary/aromatic N) is 3. The molecule has 0 bridgehead atoms. The van der Waals surface area contributed by atoms with Gasteiger partial charge in [-0.05, 0) is 5.56 Å². The highest BCUT2D eigenvalue weighted by Crippen LogP contribution is 2.35. The van der Waals surface area contributed by atoms with Gasteiger partial charge in [-0.2, -0.15) is 4.98 Å². The van der Waals surface area contributed by atoms with E-state index in [0.717, 1.165) is 0 Å². The first-order valence-electron chi connectivity index (χ1n) is 7.11. The van der Waals surface area contributed by atoms with Crippen LogP contribution >= 0.6 is 0 Å². The van der Waals surface area contributed by atoms with Crippen LogP contribution in [0.2, 0.25) is 0 Å². The highest BCUT2D eigenvalue weighted by atomic mass is 16.6. The molecule has 0 spiro atoms. The molecule has 0 radical (unpaired) electrons. The summed E-state index contributed by atoms with van der Waals surface area (Å²) in [4.78, 5) is 39.0. The molecule has 1 unspecified atom stereocenters. The molecule has 1 N–H and O–H groups in total. The van der Waals surface area contributed by atoms with Crippen LogP contribution in [0.3, 0.4) is 0 Å². The monoisotopic (exact) mass is 330 g/mol. The first-order chi connectivity index (χ1) is 11.4. The lowest BCUT2D eigenvalue weighted by atomic mass is 9.86. The SMILES string of the molecule is COc1nc2c(c(=O)n1C)C(c1ccc([N+](=O)[O-])cc1)CC(=O)N2. The van der Waals surface area contributed by atoms with Crippen molar-refractivity contribution in [2.75, 3.05) is 12.4 Å². The van der Waals surface area contributed by atoms with Gasteiger partial charge in [0.1, 0.15) is 5.82 Å². The molecule has 1 aliphatic rings. The average Bonchev–Trinajstić information content (AvgIpc) is 2.57. The number of ether oxygens (including phenoxy) is 1. The summed E-state index contributed by atoms with van der Waals surface area (Å²) in [5, 5.41) is 13.4. The molecule has 3 rings (SSSR count). The Morgan fingerprint density at radius 3 is 2.58 bits per heavy atom. The molecule has 0 aliphatic carbocycles. The number of carbonyl (C=O) groups is 1. The summed E-state index contributed by atoms with van der Waals surface area (Å²) in [6, 6.07) is 5.89. The van der Waals surface area contributed by atoms with Gasteiger partial charge >= 0.3 is 6.01 Å². The normalized spacial score (nSPS) is 16.2. The van der Waals surface area contributed by atoms with E-state index in [9.17, 15) is 19.7 Å². The number of amides is 1. The van der Waals surface area contributed by atoms with E-state index >= 15 is 0 Å². The predicted octanol–water partition coefficient (Wildman–Crippen LogP) is 1.17. The second-order valence-electron chi connectivity index (χ2n) is 5.38. The predicted molar refractivity (Wildman–Crippen MR) is 84.2 cm³/mol. The Morgan fingerprint density at radius 2 is 2.00 bits per heavy atom. The van der Waals surface area contributed by atoms with Crippen molar-refractivity contribution in [1.29, 1.82) is 0 Å². The number of aromatic nitrogens is 2. The Hall–Kier alpha value is -3.23. The Morgan fingerprint density at radius 1 is 1.33 bits per heavy atom. The molecule has 1 aliphatic heterocycles. The third-order valence-electron chi connectivity index (χ3n) is 3.97. The molecule has 2 heterocycles. The number of benzene rings is 1. The van der Waals surface area contributed by atoms with E-state index in [0.29, 0.717) is 11.1 Å². The number of rotatable bonds is 3. The smallest absolute Gasteiger partial charge is 0.300 e. The van der Waals surface area contributed by atoms with Gasteiger partial charge in [-0.3, -0.25) is 24.3 Å². The zero-order valence-corrected chi connectivity index (χ0v) is 13.0. The van der Waals surface area contributed by atoms with Crippen molar-refractivity contribution in [3.63, 3.8) is 0 Å². The largest absolute Gasteiger partial charge is 0.468 e. The Kier molecular flexibility index (Phi) is 3.76. The lowest BCUT2D eigenvalue weighted by molar-refractivity contribution is -0.384. The van der Waals surface area contributed by atoms with E-state index in [1.807, 2.05) is 0 Å². The molecular formula is C15H14N4O5. The van der Waals surface area contributed by atoms with Crippen LogP contribution in [0.25, 0.3) is 0 Å². The summed E-state index contributed by atoms with van der Waals surface area (Å²) in [5.41, 5.74) is 0.590. The molecule has 24 heavy (non-hydrogen) atoms. The summed E-state index contributed by atoms with van der Waals surface area (Å²) in [6.45, 7) is 0. The molecule has 9 heteroatoms. The molecule has 0 saturated carbocycles. The Labute approximate surface area is 136 Å². The number of nitro groups is 1. The minimum atomic E-state index is -0.522. The van der Waals surface area contributed by atoms with Crippen LogP contribution in [-0.2, 0) is 11.8 Å². The summed E-state index contributed by atoms with van der Waals surface area (Å²) in [7, 11) is 2.91. The number of hydrogen-bond acceptors (Lipinski definition) is 6. The van der Waals surface area contributed by atoms with Gasteiger partial charge in [-0.25, -0.2) is 0 Å². The molecule has 0 saturated heterocycles. The molecule has 1 amide bonds. The van der Waals surface area contributed by atoms with Crippen molar-refractivity contribution in [3.8, 4) is 6.01 Å². The number of hydrogen-bond donors (Lipinski definition) is 1. The van der Waals surface area contributed by atoms with Gasteiger partial charge in [-0.1, -0.05) is 12.1 Å². The quantitative estimate of drug-likeness (QED) is 0.667. The van der Waals surface area contributed by atoms with Crippen molar-refractivity contribution >= 4 is 17.4 Å². The van der Waals surface area contributed by atoms with Gasteiger partial charge in [0.25, 0.3) is 11.2 Å². The molecular weight excluding hydrogens is 316 g/mol. The highest BCUT2D eigenvalue weighted by Gasteiger charge is 2.32. The van der Waals surface area contributed by atoms with Crippen LogP contribution in [0.5, 0.6) is 6.01 Å². The fraction of sp³-hybridized carbons (Fsp3) is 0.267. The summed E-state index contributed by atoms with van der Waals surface area (Å²) in [6.07, 6.45) is 0.0636. The highest BCUT2D eigenvalue weighted by molar-refractivity contribution is 5.94. The van der Waals surface area contributed by atoms with E-state index < -0.39 is 10.8 Å². The Balaban J connectivity index is 2.15. The molecule has 2 aromatic rings. The second kappa shape index (κ2) is 5.76. The third kappa shape index (κ3) is 2.49. The van der Waals surface area contributed by atoms with Crippen LogP contribution < -0.4 is 15.6 Å². The summed E-state index contributed by atoms with van der Waals surface area (Å²) < 4.78 is 6.29. The fourth-order valence-corrected chi connectivity index (χ4v) is 2.78. The van der Waals surface area contributed by atoms with Gasteiger partial charge in [0, 0.05) is 31.5 Å². The van der Waals surface area contributed by atoms with E-state index in [1.165, 1.54) is 30.9 Å². The number of methoxy groups -OCH3 is 1. The van der Waals surface area contributed by atoms with Gasteiger partial charge < -0.3 is 10.1 Å². The van der Waals surface area contributed by atoms with Crippen molar-refractivity contribution in [2.45, 2.75) is 12.3 Å². The van der Waals surface area contributed by atoms with Gasteiger partial charge in [-0.15, -0.1) is 0 Å². The number of non-ortho nitro benzene ring substituents is 1. The van der Waals surface area contributed by atoms with Gasteiger partial charge in [0.05, 0.1) is 17.6 Å². The number of fused-ring (bicyclic) bond motifs is 1. The lowest BCUT2D eigenvalue weighted by Gasteiger charge is -2.25. The van der Waals surface area contributed by atoms with Crippen molar-refractivity contribution in [3.05, 3.63) is 55.9 Å². The lowest BCUT2D eigenvalue weighted by Crippen LogP contribution is -2.34. The van der Waals surface area contributed by atoms with Crippen LogP contribution in [0.15, 0.2) is 29.1 Å². The Bertz CT molecular complexity index is 888. The number of nitro benzene ring substituents is 1. The van der Waals surface area contributed by atoms with Crippen LogP contribution in [0, 0.1) is 10.1 Å². The van der Waals surface area contributed by atoms with Gasteiger partial charge in [0.15, 0.2) is 0 Å². The molecule has 9 nitrogen and oxygen atoms in total. The van der Waals surface area contributed by atoms with E-state index in [1.54, 1.807) is 12.1 Å². The molecule has 1 aromatic carbocycles. The molecule has 0 fully saturated rings. The topological polar surface area (TPSA) is 116 Å². The zero-order chi connectivity index (χ0) is 17.4. The summed E-state index contributed by atoms with van der Waals surface area (Å²) >= 11 is 0. The van der Waals surface area contributed by atoms with E-state index in [4.69, 9.17) is 4.74 Å². The van der Waals surface area contributed by atoms with Crippen LogP contribution in [0.1, 0.15) is 23.5 Å². The maximum Gasteiger partial charge on any atom is 0.300 e. The van der Waals surface area contributed by atoms with Crippen molar-refractivity contribution < 1.29 is 14.5 Å². The van der Waals surface area contributed by atoms with Crippen LogP contribution in [0.4, 0.5) is 11.5 Å². The minimum Gasteiger partial charge on any atom is -0.468 e. The fourth-order valence-electron chi connectivity index (χ4n) is 2.78. The summed E-state index contributed by atoms with van der Waals surface area (Å²) in [5.74, 6) is -0.644. The number of carbonyl (C=O) groups excluding carboxylic acids is 1.